The third-order valence-electron chi connectivity index (χ3n) is 11.2. The van der Waals surface area contributed by atoms with Gasteiger partial charge in [0, 0.05) is 53.1 Å². The van der Waals surface area contributed by atoms with Crippen LogP contribution < -0.4 is 5.46 Å². The number of fused-ring (bicyclic) bond motifs is 10. The molecule has 4 heterocycles. The number of hydrogen-bond acceptors (Lipinski definition) is 3. The number of hydrogen-bond donors (Lipinski definition) is 0. The summed E-state index contributed by atoms with van der Waals surface area (Å²) in [5.74, 6) is 0. The molecule has 3 nitrogen and oxygen atoms in total. The Hall–Kier alpha value is -3.90. The van der Waals surface area contributed by atoms with Crippen LogP contribution in [-0.4, -0.2) is 22.9 Å². The Morgan fingerprint density at radius 1 is 0.705 bits per heavy atom. The van der Waals surface area contributed by atoms with Crippen LogP contribution in [-0.2, 0) is 14.7 Å². The Morgan fingerprint density at radius 3 is 2.14 bits per heavy atom. The number of rotatable bonds is 1. The lowest BCUT2D eigenvalue weighted by molar-refractivity contribution is 0.00578. The van der Waals surface area contributed by atoms with Gasteiger partial charge in [-0.2, -0.15) is 0 Å². The highest BCUT2D eigenvalue weighted by atomic mass is 32.1. The van der Waals surface area contributed by atoms with Gasteiger partial charge in [-0.05, 0) is 74.9 Å². The van der Waals surface area contributed by atoms with E-state index in [2.05, 4.69) is 130 Å². The molecule has 0 radical (unpaired) electrons. The van der Waals surface area contributed by atoms with Gasteiger partial charge >= 0.3 is 7.12 Å². The first-order chi connectivity index (χ1) is 21.2. The fraction of sp³-hybridized carbons (Fsp3) is 0.231. The van der Waals surface area contributed by atoms with Crippen molar-refractivity contribution in [3.8, 4) is 5.69 Å². The van der Waals surface area contributed by atoms with Crippen molar-refractivity contribution in [2.45, 2.75) is 57.7 Å². The van der Waals surface area contributed by atoms with Crippen molar-refractivity contribution < 1.29 is 9.31 Å². The lowest BCUT2D eigenvalue weighted by Gasteiger charge is -2.33. The predicted molar refractivity (Wildman–Crippen MR) is 187 cm³/mol. The van der Waals surface area contributed by atoms with Gasteiger partial charge in [0.1, 0.15) is 0 Å². The monoisotopic (exact) mass is 589 g/mol. The van der Waals surface area contributed by atoms with Crippen LogP contribution in [0.1, 0.15) is 57.9 Å². The average Bonchev–Trinajstić information content (AvgIpc) is 3.62. The Kier molecular flexibility index (Phi) is 4.64. The predicted octanol–water partition coefficient (Wildman–Crippen LogP) is 9.64. The van der Waals surface area contributed by atoms with E-state index in [0.29, 0.717) is 0 Å². The van der Waals surface area contributed by atoms with E-state index in [4.69, 9.17) is 9.31 Å². The molecular weight excluding hydrogens is 557 g/mol. The van der Waals surface area contributed by atoms with Crippen LogP contribution in [0.2, 0.25) is 0 Å². The second kappa shape index (κ2) is 8.03. The normalized spacial score (nSPS) is 21.3. The van der Waals surface area contributed by atoms with Gasteiger partial charge in [-0.25, -0.2) is 0 Å². The van der Waals surface area contributed by atoms with Crippen LogP contribution in [0, 0.1) is 0 Å². The van der Waals surface area contributed by atoms with Crippen LogP contribution in [0.3, 0.4) is 0 Å². The molecule has 7 aromatic rings. The van der Waals surface area contributed by atoms with Gasteiger partial charge in [-0.1, -0.05) is 78.9 Å². The zero-order valence-electron chi connectivity index (χ0n) is 25.6. The minimum Gasteiger partial charge on any atom is -0.399 e. The van der Waals surface area contributed by atoms with E-state index in [9.17, 15) is 0 Å². The molecule has 5 heteroatoms. The van der Waals surface area contributed by atoms with Crippen LogP contribution in [0.4, 0.5) is 0 Å². The summed E-state index contributed by atoms with van der Waals surface area (Å²) in [6.07, 6.45) is 5.76. The van der Waals surface area contributed by atoms with E-state index in [1.165, 1.54) is 75.1 Å². The number of benzene rings is 5. The second-order valence-electron chi connectivity index (χ2n) is 14.1. The maximum atomic E-state index is 6.66. The molecule has 0 spiro atoms. The zero-order chi connectivity index (χ0) is 29.7. The number of allylic oxidation sites excluding steroid dienone is 1. The highest BCUT2D eigenvalue weighted by Gasteiger charge is 2.52. The van der Waals surface area contributed by atoms with Gasteiger partial charge in [-0.3, -0.25) is 0 Å². The molecule has 1 atom stereocenters. The minimum absolute atomic E-state index is 0.192. The molecule has 2 aliphatic heterocycles. The second-order valence-corrected chi connectivity index (χ2v) is 15.2. The summed E-state index contributed by atoms with van der Waals surface area (Å²) in [5.41, 5.74) is 6.85. The van der Waals surface area contributed by atoms with Crippen molar-refractivity contribution in [2.24, 2.45) is 0 Å². The van der Waals surface area contributed by atoms with E-state index in [1.54, 1.807) is 0 Å². The van der Waals surface area contributed by atoms with E-state index in [1.807, 2.05) is 11.3 Å². The number of thiophene rings is 1. The Morgan fingerprint density at radius 2 is 1.39 bits per heavy atom. The van der Waals surface area contributed by atoms with Crippen molar-refractivity contribution in [1.82, 2.24) is 4.57 Å². The molecule has 1 fully saturated rings. The SMILES string of the molecule is CC12CC=Cc3c1n(c1c4ccccc4c4ccccc4c31)-c1ccc(B3OC(C)(C)C(C)(C)O3)c3sc4cccc2c4c13. The molecule has 0 amide bonds. The highest BCUT2D eigenvalue weighted by molar-refractivity contribution is 7.27. The van der Waals surface area contributed by atoms with Crippen LogP contribution in [0.15, 0.2) is 84.9 Å². The molecule has 3 aliphatic rings. The molecule has 0 N–H and O–H groups in total. The van der Waals surface area contributed by atoms with Crippen molar-refractivity contribution in [1.29, 1.82) is 0 Å². The Balaban J connectivity index is 1.43. The van der Waals surface area contributed by atoms with Crippen LogP contribution >= 0.6 is 11.3 Å². The summed E-state index contributed by atoms with van der Waals surface area (Å²) in [7, 11) is -0.418. The van der Waals surface area contributed by atoms with Gasteiger partial charge in [0.15, 0.2) is 0 Å². The largest absolute Gasteiger partial charge is 0.496 e. The van der Waals surface area contributed by atoms with Crippen molar-refractivity contribution in [2.75, 3.05) is 0 Å². The molecular formula is C39H32BNO2S. The first-order valence-electron chi connectivity index (χ1n) is 15.7. The van der Waals surface area contributed by atoms with E-state index < -0.39 is 18.3 Å². The molecule has 2 aromatic heterocycles. The average molecular weight is 590 g/mol. The number of aromatic nitrogens is 1. The smallest absolute Gasteiger partial charge is 0.399 e. The first-order valence-corrected chi connectivity index (χ1v) is 16.5. The van der Waals surface area contributed by atoms with Crippen LogP contribution in [0.5, 0.6) is 0 Å². The van der Waals surface area contributed by atoms with Crippen LogP contribution in [0.25, 0.3) is 64.4 Å². The number of nitrogens with zero attached hydrogens (tertiary/aromatic N) is 1. The summed E-state index contributed by atoms with van der Waals surface area (Å²) < 4.78 is 18.6. The third-order valence-corrected chi connectivity index (χ3v) is 12.4. The quantitative estimate of drug-likeness (QED) is 0.141. The summed E-state index contributed by atoms with van der Waals surface area (Å²) in [6.45, 7) is 11.0. The molecule has 10 rings (SSSR count). The summed E-state index contributed by atoms with van der Waals surface area (Å²) >= 11 is 1.88. The standard InChI is InChI=1S/C39H32BNO2S/c1-37(2)38(3,4)43-40(42-37)28-19-20-29-33-32-27(17-10-18-30(32)44-35(28)33)39(5)21-11-16-26-31-24-14-8-6-12-22(24)23-13-7-9-15-25(23)34(31)41(29)36(26)39/h6-20H,21H2,1-5H3. The molecule has 0 bridgehead atoms. The minimum atomic E-state index is -0.418. The maximum absolute atomic E-state index is 6.66. The fourth-order valence-corrected chi connectivity index (χ4v) is 9.67. The zero-order valence-corrected chi connectivity index (χ0v) is 26.4. The molecule has 0 saturated carbocycles. The molecule has 5 aromatic carbocycles. The molecule has 1 unspecified atom stereocenters. The van der Waals surface area contributed by atoms with Crippen molar-refractivity contribution in [3.05, 3.63) is 102 Å². The topological polar surface area (TPSA) is 23.4 Å². The van der Waals surface area contributed by atoms with Crippen molar-refractivity contribution in [3.63, 3.8) is 0 Å². The van der Waals surface area contributed by atoms with Gasteiger partial charge in [0.2, 0.25) is 0 Å². The first kappa shape index (κ1) is 25.4. The lowest BCUT2D eigenvalue weighted by Crippen LogP contribution is -2.41. The molecule has 44 heavy (non-hydrogen) atoms. The molecule has 1 saturated heterocycles. The highest BCUT2D eigenvalue weighted by Crippen LogP contribution is 2.55. The summed E-state index contributed by atoms with van der Waals surface area (Å²) in [4.78, 5) is 0. The molecule has 214 valence electrons. The molecule has 1 aliphatic carbocycles. The van der Waals surface area contributed by atoms with E-state index >= 15 is 0 Å². The Labute approximate surface area is 260 Å². The van der Waals surface area contributed by atoms with Gasteiger partial charge < -0.3 is 13.9 Å². The fourth-order valence-electron chi connectivity index (χ4n) is 8.40. The summed E-state index contributed by atoms with van der Waals surface area (Å²) in [5, 5.41) is 9.28. The lowest BCUT2D eigenvalue weighted by atomic mass is 9.71. The van der Waals surface area contributed by atoms with Gasteiger partial charge in [-0.15, -0.1) is 11.3 Å². The summed E-state index contributed by atoms with van der Waals surface area (Å²) in [6, 6.07) is 29.5. The van der Waals surface area contributed by atoms with E-state index in [-0.39, 0.29) is 5.41 Å². The Bertz CT molecular complexity index is 2450. The van der Waals surface area contributed by atoms with E-state index in [0.717, 1.165) is 11.9 Å². The van der Waals surface area contributed by atoms with Crippen molar-refractivity contribution >= 4 is 82.6 Å². The van der Waals surface area contributed by atoms with Gasteiger partial charge in [0.25, 0.3) is 0 Å². The third kappa shape index (κ3) is 2.87. The van der Waals surface area contributed by atoms with Gasteiger partial charge in [0.05, 0.1) is 22.4 Å². The maximum Gasteiger partial charge on any atom is 0.496 e.